The molecule has 2 aliphatic heterocycles. The molecule has 3 heterocycles. The Balaban J connectivity index is 0.00000134. The number of benzene rings is 1. The fourth-order valence-electron chi connectivity index (χ4n) is 5.23. The first-order chi connectivity index (χ1) is 19.0. The van der Waals surface area contributed by atoms with Crippen LogP contribution < -0.4 is 10.6 Å². The molecular weight excluding hydrogens is 486 g/mol. The van der Waals surface area contributed by atoms with Crippen molar-refractivity contribution in [2.45, 2.75) is 103 Å². The van der Waals surface area contributed by atoms with Gasteiger partial charge in [0.15, 0.2) is 0 Å². The third-order valence-electron chi connectivity index (χ3n) is 7.49. The highest BCUT2D eigenvalue weighted by atomic mass is 16.6. The average molecular weight is 540 g/mol. The summed E-state index contributed by atoms with van der Waals surface area (Å²) in [5.74, 6) is 1.60. The van der Waals surface area contributed by atoms with Crippen molar-refractivity contribution in [1.82, 2.24) is 25.5 Å². The summed E-state index contributed by atoms with van der Waals surface area (Å²) in [5, 5.41) is 6.74. The number of piperidine rings is 1. The molecule has 7 nitrogen and oxygen atoms in total. The Morgan fingerprint density at radius 3 is 2.64 bits per heavy atom. The Labute approximate surface area is 238 Å². The average Bonchev–Trinajstić information content (AvgIpc) is 3.89. The molecule has 3 aliphatic rings. The van der Waals surface area contributed by atoms with Gasteiger partial charge in [0.1, 0.15) is 18.2 Å². The van der Waals surface area contributed by atoms with E-state index in [2.05, 4.69) is 76.4 Å². The van der Waals surface area contributed by atoms with E-state index < -0.39 is 0 Å². The Hall–Kier alpha value is -2.90. The largest absolute Gasteiger partial charge is 0.373 e. The third kappa shape index (κ3) is 9.66. The molecular formula is C32H53N5O2. The quantitative estimate of drug-likeness (QED) is 0.221. The van der Waals surface area contributed by atoms with Crippen LogP contribution in [0.3, 0.4) is 0 Å². The molecule has 218 valence electrons. The zero-order valence-corrected chi connectivity index (χ0v) is 24.3. The van der Waals surface area contributed by atoms with Gasteiger partial charge in [-0.25, -0.2) is 4.98 Å². The van der Waals surface area contributed by atoms with Crippen LogP contribution in [0.15, 0.2) is 62.0 Å². The minimum absolute atomic E-state index is 0. The number of likely N-dealkylation sites (tertiary alicyclic amines) is 1. The molecule has 0 spiro atoms. The van der Waals surface area contributed by atoms with Crippen LogP contribution in [0.4, 0.5) is 0 Å². The minimum Gasteiger partial charge on any atom is -0.373 e. The van der Waals surface area contributed by atoms with E-state index in [1.165, 1.54) is 37.7 Å². The lowest BCUT2D eigenvalue weighted by atomic mass is 10.00. The van der Waals surface area contributed by atoms with E-state index in [0.717, 1.165) is 36.6 Å². The molecule has 5 rings (SSSR count). The molecule has 1 amide bonds. The van der Waals surface area contributed by atoms with Crippen molar-refractivity contribution < 1.29 is 12.4 Å². The minimum atomic E-state index is -0.0875. The number of rotatable bonds is 12. The fraction of sp³-hybridized carbons (Fsp3) is 0.562. The number of amides is 1. The number of ether oxygens (including phenoxy) is 1. The van der Waals surface area contributed by atoms with E-state index >= 15 is 0 Å². The second-order valence-corrected chi connectivity index (χ2v) is 10.5. The van der Waals surface area contributed by atoms with Crippen LogP contribution in [-0.4, -0.2) is 51.7 Å². The molecule has 2 aromatic rings. The van der Waals surface area contributed by atoms with Gasteiger partial charge in [-0.05, 0) is 50.5 Å². The molecule has 1 aliphatic carbocycles. The van der Waals surface area contributed by atoms with Gasteiger partial charge in [-0.2, -0.15) is 0 Å². The maximum atomic E-state index is 12.7. The zero-order chi connectivity index (χ0) is 28.2. The Kier molecular flexibility index (Phi) is 12.3. The van der Waals surface area contributed by atoms with Crippen LogP contribution >= 0.6 is 0 Å². The number of nitrogens with zero attached hydrogens (tertiary/aromatic N) is 2. The summed E-state index contributed by atoms with van der Waals surface area (Å²) in [6.07, 6.45) is 10.0. The maximum absolute atomic E-state index is 12.7. The van der Waals surface area contributed by atoms with Gasteiger partial charge < -0.3 is 19.9 Å². The van der Waals surface area contributed by atoms with Crippen molar-refractivity contribution in [3.8, 4) is 0 Å². The highest BCUT2D eigenvalue weighted by molar-refractivity contribution is 5.77. The van der Waals surface area contributed by atoms with Gasteiger partial charge in [0, 0.05) is 52.3 Å². The Morgan fingerprint density at radius 2 is 1.95 bits per heavy atom. The summed E-state index contributed by atoms with van der Waals surface area (Å²) in [6, 6.07) is 10.8. The molecule has 1 saturated carbocycles. The maximum Gasteiger partial charge on any atom is 0.220 e. The molecule has 3 fully saturated rings. The van der Waals surface area contributed by atoms with Gasteiger partial charge in [0.05, 0.1) is 12.6 Å². The predicted octanol–water partition coefficient (Wildman–Crippen LogP) is 6.20. The van der Waals surface area contributed by atoms with Crippen molar-refractivity contribution in [3.63, 3.8) is 0 Å². The lowest BCUT2D eigenvalue weighted by Crippen LogP contribution is -2.44. The molecule has 4 atom stereocenters. The van der Waals surface area contributed by atoms with E-state index in [9.17, 15) is 4.79 Å². The first-order valence-corrected chi connectivity index (χ1v) is 14.7. The normalized spacial score (nSPS) is 22.4. The molecule has 39 heavy (non-hydrogen) atoms. The zero-order valence-electron chi connectivity index (χ0n) is 24.3. The van der Waals surface area contributed by atoms with Crippen LogP contribution in [0, 0.1) is 5.92 Å². The number of carbonyl (C=O) groups is 1. The molecule has 2 unspecified atom stereocenters. The first kappa shape index (κ1) is 30.6. The Morgan fingerprint density at radius 1 is 1.21 bits per heavy atom. The van der Waals surface area contributed by atoms with Gasteiger partial charge in [0.25, 0.3) is 0 Å². The summed E-state index contributed by atoms with van der Waals surface area (Å²) in [7, 11) is 0. The van der Waals surface area contributed by atoms with Gasteiger partial charge in [-0.3, -0.25) is 10.1 Å². The van der Waals surface area contributed by atoms with E-state index in [0.29, 0.717) is 24.9 Å². The summed E-state index contributed by atoms with van der Waals surface area (Å²) >= 11 is 0. The summed E-state index contributed by atoms with van der Waals surface area (Å²) in [5.41, 5.74) is 3.47. The van der Waals surface area contributed by atoms with Crippen molar-refractivity contribution in [1.29, 1.82) is 0 Å². The van der Waals surface area contributed by atoms with Gasteiger partial charge in [-0.1, -0.05) is 50.8 Å². The van der Waals surface area contributed by atoms with Crippen LogP contribution in [0.2, 0.25) is 0 Å². The van der Waals surface area contributed by atoms with Crippen LogP contribution in [0.5, 0.6) is 0 Å². The van der Waals surface area contributed by atoms with E-state index in [1.807, 2.05) is 26.1 Å². The number of carbonyl (C=O) groups excluding carboxylic acids is 1. The number of aromatic amines is 1. The molecule has 0 bridgehead atoms. The van der Waals surface area contributed by atoms with Crippen molar-refractivity contribution >= 4 is 5.91 Å². The molecule has 3 N–H and O–H groups in total. The van der Waals surface area contributed by atoms with Gasteiger partial charge in [-0.15, -0.1) is 13.2 Å². The number of hydrogen-bond donors (Lipinski definition) is 3. The molecule has 0 radical (unpaired) electrons. The van der Waals surface area contributed by atoms with Gasteiger partial charge >= 0.3 is 0 Å². The molecule has 1 aromatic heterocycles. The number of hydrogen-bond acceptors (Lipinski definition) is 5. The predicted molar refractivity (Wildman–Crippen MR) is 163 cm³/mol. The number of aromatic nitrogens is 2. The van der Waals surface area contributed by atoms with Crippen LogP contribution in [0.25, 0.3) is 0 Å². The lowest BCUT2D eigenvalue weighted by Gasteiger charge is -2.37. The molecule has 1 aromatic carbocycles. The smallest absolute Gasteiger partial charge is 0.220 e. The summed E-state index contributed by atoms with van der Waals surface area (Å²) < 4.78 is 6.01. The second-order valence-electron chi connectivity index (χ2n) is 10.5. The highest BCUT2D eigenvalue weighted by Gasteiger charge is 2.46. The first-order valence-electron chi connectivity index (χ1n) is 14.7. The van der Waals surface area contributed by atoms with E-state index in [4.69, 9.17) is 4.74 Å². The standard InChI is InChI=1S/C28H39N5O2.C2H6.C2H4.2H2/c1-19-8-6-7-13-33(19)20(2)14-24(32-26(34)16-22-11-12-22)27-28(35-27)30-18-25-29-17-23(31-25)15-21-9-4-3-5-10-21;2*1-2;;/h3-5,9-10,17,19,22,24,27-28,30H,2,6-8,11-16,18H2,1H3,(H,29,31)(H,32,34);1-2H3;1-2H2;2*1H/t19-,24-,27?,28?;;;;/m0..../s1. The number of epoxide rings is 1. The summed E-state index contributed by atoms with van der Waals surface area (Å²) in [4.78, 5) is 23.0. The topological polar surface area (TPSA) is 85.6 Å². The van der Waals surface area contributed by atoms with E-state index in [1.54, 1.807) is 0 Å². The molecule has 7 heteroatoms. The van der Waals surface area contributed by atoms with Gasteiger partial charge in [0.2, 0.25) is 5.91 Å². The molecule has 2 saturated heterocycles. The van der Waals surface area contributed by atoms with E-state index in [-0.39, 0.29) is 27.1 Å². The fourth-order valence-corrected chi connectivity index (χ4v) is 5.23. The van der Waals surface area contributed by atoms with Crippen LogP contribution in [0.1, 0.15) is 85.7 Å². The second kappa shape index (κ2) is 15.6. The highest BCUT2D eigenvalue weighted by Crippen LogP contribution is 2.33. The number of H-pyrrole nitrogens is 1. The third-order valence-corrected chi connectivity index (χ3v) is 7.49. The monoisotopic (exact) mass is 539 g/mol. The number of imidazole rings is 1. The van der Waals surface area contributed by atoms with Crippen LogP contribution in [-0.2, 0) is 22.5 Å². The number of nitrogens with one attached hydrogen (secondary N) is 3. The SMILES string of the molecule is C=C.C=C(C[C@H](NC(=O)CC1CC1)C1OC1NCc1ncc(Cc2ccccc2)[nH]1)N1CCCC[C@@H]1C.CC.[HH].[HH]. The Bertz CT molecular complexity index is 1030. The lowest BCUT2D eigenvalue weighted by molar-refractivity contribution is -0.122. The summed E-state index contributed by atoms with van der Waals surface area (Å²) in [6.45, 7) is 18.3. The van der Waals surface area contributed by atoms with Crippen molar-refractivity contribution in [2.75, 3.05) is 6.54 Å². The van der Waals surface area contributed by atoms with Crippen molar-refractivity contribution in [3.05, 3.63) is 79.0 Å². The van der Waals surface area contributed by atoms with Crippen molar-refractivity contribution in [2.24, 2.45) is 5.92 Å².